The molecule has 1 heteroatoms. The molecule has 0 fully saturated rings. The van der Waals surface area contributed by atoms with E-state index in [0.29, 0.717) is 0 Å². The number of rotatable bonds is 2. The van der Waals surface area contributed by atoms with E-state index in [0.717, 1.165) is 18.6 Å². The van der Waals surface area contributed by atoms with Crippen molar-refractivity contribution >= 4 is 11.6 Å². The lowest BCUT2D eigenvalue weighted by Gasteiger charge is -2.00. The van der Waals surface area contributed by atoms with Crippen molar-refractivity contribution in [1.29, 1.82) is 0 Å². The summed E-state index contributed by atoms with van der Waals surface area (Å²) in [4.78, 5) is 0. The predicted octanol–water partition coefficient (Wildman–Crippen LogP) is 3.94. The van der Waals surface area contributed by atoms with Gasteiger partial charge in [0.25, 0.3) is 0 Å². The number of hydrogen-bond donors (Lipinski definition) is 0. The molecule has 2 aromatic rings. The molecule has 0 saturated heterocycles. The molecular formula is C15H14O. The van der Waals surface area contributed by atoms with E-state index in [4.69, 9.17) is 4.42 Å². The second-order valence-electron chi connectivity index (χ2n) is 4.17. The standard InChI is InChI=1S/C15H14O/c1-2-11-7-8-16-15(11)14-9-12-5-3-4-6-13(12)10-14/h3-9H,2,10H2,1H3. The Morgan fingerprint density at radius 2 is 2.06 bits per heavy atom. The molecule has 0 aliphatic heterocycles. The van der Waals surface area contributed by atoms with Crippen LogP contribution in [0.3, 0.4) is 0 Å². The van der Waals surface area contributed by atoms with Crippen molar-refractivity contribution in [1.82, 2.24) is 0 Å². The average Bonchev–Trinajstić information content (AvgIpc) is 2.94. The van der Waals surface area contributed by atoms with E-state index in [9.17, 15) is 0 Å². The third kappa shape index (κ3) is 1.40. The molecule has 1 aliphatic rings. The number of allylic oxidation sites excluding steroid dienone is 1. The Labute approximate surface area is 95.4 Å². The van der Waals surface area contributed by atoms with Crippen LogP contribution in [0.1, 0.15) is 29.4 Å². The Morgan fingerprint density at radius 3 is 2.88 bits per heavy atom. The summed E-state index contributed by atoms with van der Waals surface area (Å²) in [5.74, 6) is 1.07. The second-order valence-corrected chi connectivity index (χ2v) is 4.17. The molecule has 0 bridgehead atoms. The smallest absolute Gasteiger partial charge is 0.133 e. The van der Waals surface area contributed by atoms with Gasteiger partial charge >= 0.3 is 0 Å². The molecule has 0 atom stereocenters. The molecule has 0 spiro atoms. The van der Waals surface area contributed by atoms with Crippen molar-refractivity contribution in [2.24, 2.45) is 0 Å². The monoisotopic (exact) mass is 210 g/mol. The van der Waals surface area contributed by atoms with E-state index in [2.05, 4.69) is 43.3 Å². The first-order chi connectivity index (χ1) is 7.88. The van der Waals surface area contributed by atoms with Gasteiger partial charge in [-0.2, -0.15) is 0 Å². The molecule has 1 aliphatic carbocycles. The van der Waals surface area contributed by atoms with Gasteiger partial charge in [-0.1, -0.05) is 31.2 Å². The molecule has 1 aromatic carbocycles. The summed E-state index contributed by atoms with van der Waals surface area (Å²) < 4.78 is 5.60. The Bertz CT molecular complexity index is 546. The van der Waals surface area contributed by atoms with Crippen LogP contribution < -0.4 is 0 Å². The van der Waals surface area contributed by atoms with Gasteiger partial charge < -0.3 is 4.42 Å². The summed E-state index contributed by atoms with van der Waals surface area (Å²) in [5, 5.41) is 0. The molecule has 80 valence electrons. The summed E-state index contributed by atoms with van der Waals surface area (Å²) in [6, 6.07) is 10.6. The minimum absolute atomic E-state index is 0.997. The summed E-state index contributed by atoms with van der Waals surface area (Å²) in [6.07, 6.45) is 6.06. The van der Waals surface area contributed by atoms with Crippen LogP contribution in [0, 0.1) is 0 Å². The van der Waals surface area contributed by atoms with Gasteiger partial charge in [0.05, 0.1) is 6.26 Å². The molecule has 1 nitrogen and oxygen atoms in total. The fraction of sp³-hybridized carbons (Fsp3) is 0.200. The lowest BCUT2D eigenvalue weighted by atomic mass is 10.1. The van der Waals surface area contributed by atoms with E-state index >= 15 is 0 Å². The number of furan rings is 1. The molecule has 0 N–H and O–H groups in total. The van der Waals surface area contributed by atoms with E-state index in [1.807, 2.05) is 0 Å². The topological polar surface area (TPSA) is 13.1 Å². The zero-order valence-electron chi connectivity index (χ0n) is 9.36. The van der Waals surface area contributed by atoms with Crippen LogP contribution in [0.4, 0.5) is 0 Å². The van der Waals surface area contributed by atoms with Crippen LogP contribution >= 0.6 is 0 Å². The first kappa shape index (κ1) is 9.46. The summed E-state index contributed by atoms with van der Waals surface area (Å²) in [6.45, 7) is 2.16. The van der Waals surface area contributed by atoms with Crippen molar-refractivity contribution in [3.05, 3.63) is 59.0 Å². The van der Waals surface area contributed by atoms with Crippen molar-refractivity contribution in [3.8, 4) is 0 Å². The second kappa shape index (κ2) is 3.67. The maximum absolute atomic E-state index is 5.60. The van der Waals surface area contributed by atoms with Gasteiger partial charge in [0.15, 0.2) is 0 Å². The highest BCUT2D eigenvalue weighted by molar-refractivity contribution is 5.87. The molecule has 3 rings (SSSR count). The van der Waals surface area contributed by atoms with Crippen LogP contribution in [0.15, 0.2) is 41.0 Å². The lowest BCUT2D eigenvalue weighted by molar-refractivity contribution is 0.548. The molecular weight excluding hydrogens is 196 g/mol. The van der Waals surface area contributed by atoms with E-state index < -0.39 is 0 Å². The highest BCUT2D eigenvalue weighted by Gasteiger charge is 2.17. The number of benzene rings is 1. The first-order valence-corrected chi connectivity index (χ1v) is 5.73. The summed E-state index contributed by atoms with van der Waals surface area (Å²) >= 11 is 0. The third-order valence-electron chi connectivity index (χ3n) is 3.19. The van der Waals surface area contributed by atoms with Crippen molar-refractivity contribution in [2.45, 2.75) is 19.8 Å². The van der Waals surface area contributed by atoms with Gasteiger partial charge in [-0.05, 0) is 35.3 Å². The minimum atomic E-state index is 0.997. The highest BCUT2D eigenvalue weighted by atomic mass is 16.3. The lowest BCUT2D eigenvalue weighted by Crippen LogP contribution is -1.87. The SMILES string of the molecule is CCc1ccoc1C1=Cc2ccccc2C1. The van der Waals surface area contributed by atoms with E-state index in [1.165, 1.54) is 22.3 Å². The largest absolute Gasteiger partial charge is 0.464 e. The number of fused-ring (bicyclic) bond motifs is 1. The van der Waals surface area contributed by atoms with E-state index in [1.54, 1.807) is 6.26 Å². The predicted molar refractivity (Wildman–Crippen MR) is 66.1 cm³/mol. The maximum Gasteiger partial charge on any atom is 0.133 e. The van der Waals surface area contributed by atoms with Gasteiger partial charge in [-0.3, -0.25) is 0 Å². The number of hydrogen-bond acceptors (Lipinski definition) is 1. The van der Waals surface area contributed by atoms with Crippen LogP contribution in [0.5, 0.6) is 0 Å². The Hall–Kier alpha value is -1.76. The molecule has 0 radical (unpaired) electrons. The van der Waals surface area contributed by atoms with E-state index in [-0.39, 0.29) is 0 Å². The minimum Gasteiger partial charge on any atom is -0.464 e. The van der Waals surface area contributed by atoms with Crippen LogP contribution in [-0.2, 0) is 12.8 Å². The van der Waals surface area contributed by atoms with Crippen LogP contribution in [0.2, 0.25) is 0 Å². The van der Waals surface area contributed by atoms with Crippen LogP contribution in [-0.4, -0.2) is 0 Å². The number of aryl methyl sites for hydroxylation is 1. The Balaban J connectivity index is 2.01. The molecule has 16 heavy (non-hydrogen) atoms. The Kier molecular flexibility index (Phi) is 2.17. The van der Waals surface area contributed by atoms with Crippen molar-refractivity contribution in [2.75, 3.05) is 0 Å². The normalized spacial score (nSPS) is 13.7. The van der Waals surface area contributed by atoms with Crippen molar-refractivity contribution < 1.29 is 4.42 Å². The average molecular weight is 210 g/mol. The summed E-state index contributed by atoms with van der Waals surface area (Å²) in [5.41, 5.74) is 5.34. The van der Waals surface area contributed by atoms with Crippen molar-refractivity contribution in [3.63, 3.8) is 0 Å². The molecule has 1 aromatic heterocycles. The van der Waals surface area contributed by atoms with Gasteiger partial charge in [-0.15, -0.1) is 0 Å². The molecule has 0 amide bonds. The highest BCUT2D eigenvalue weighted by Crippen LogP contribution is 2.33. The summed E-state index contributed by atoms with van der Waals surface area (Å²) in [7, 11) is 0. The van der Waals surface area contributed by atoms with Gasteiger partial charge in [0.2, 0.25) is 0 Å². The first-order valence-electron chi connectivity index (χ1n) is 5.73. The van der Waals surface area contributed by atoms with Crippen LogP contribution in [0.25, 0.3) is 11.6 Å². The molecule has 0 unspecified atom stereocenters. The quantitative estimate of drug-likeness (QED) is 0.731. The van der Waals surface area contributed by atoms with Gasteiger partial charge in [-0.25, -0.2) is 0 Å². The Morgan fingerprint density at radius 1 is 1.19 bits per heavy atom. The fourth-order valence-electron chi connectivity index (χ4n) is 2.32. The molecule has 0 saturated carbocycles. The fourth-order valence-corrected chi connectivity index (χ4v) is 2.32. The zero-order chi connectivity index (χ0) is 11.0. The third-order valence-corrected chi connectivity index (χ3v) is 3.19. The van der Waals surface area contributed by atoms with Gasteiger partial charge in [0.1, 0.15) is 5.76 Å². The van der Waals surface area contributed by atoms with Gasteiger partial charge in [0, 0.05) is 12.0 Å². The zero-order valence-corrected chi connectivity index (χ0v) is 9.36. The maximum atomic E-state index is 5.60. The molecule has 1 heterocycles.